The molecule has 0 radical (unpaired) electrons. The fourth-order valence-electron chi connectivity index (χ4n) is 3.04. The van der Waals surface area contributed by atoms with Crippen LogP contribution in [0.15, 0.2) is 30.6 Å². The summed E-state index contributed by atoms with van der Waals surface area (Å²) < 4.78 is 0. The van der Waals surface area contributed by atoms with Crippen LogP contribution in [0.4, 0.5) is 0 Å². The number of hydrogen-bond donors (Lipinski definition) is 0. The van der Waals surface area contributed by atoms with Gasteiger partial charge in [-0.1, -0.05) is 74.4 Å². The van der Waals surface area contributed by atoms with E-state index in [1.54, 1.807) is 0 Å². The molecule has 0 amide bonds. The predicted molar refractivity (Wildman–Crippen MR) is 114 cm³/mol. The predicted octanol–water partition coefficient (Wildman–Crippen LogP) is 7.14. The Morgan fingerprint density at radius 1 is 0.846 bits per heavy atom. The lowest BCUT2D eigenvalue weighted by Crippen LogP contribution is -2.16. The molecule has 2 heterocycles. The Labute approximate surface area is 161 Å². The third-order valence-electron chi connectivity index (χ3n) is 4.52. The second-order valence-corrected chi connectivity index (χ2v) is 9.13. The molecule has 2 nitrogen and oxygen atoms in total. The molecule has 0 saturated heterocycles. The maximum absolute atomic E-state index is 4.50. The van der Waals surface area contributed by atoms with E-state index in [4.69, 9.17) is 0 Å². The van der Waals surface area contributed by atoms with Gasteiger partial charge in [-0.15, -0.1) is 0 Å². The van der Waals surface area contributed by atoms with Gasteiger partial charge in [0, 0.05) is 29.2 Å². The van der Waals surface area contributed by atoms with Gasteiger partial charge in [0.05, 0.1) is 0 Å². The van der Waals surface area contributed by atoms with Crippen molar-refractivity contribution in [3.63, 3.8) is 0 Å². The molecule has 2 heteroatoms. The van der Waals surface area contributed by atoms with Crippen LogP contribution in [0.1, 0.15) is 108 Å². The van der Waals surface area contributed by atoms with Gasteiger partial charge in [0.2, 0.25) is 0 Å². The summed E-state index contributed by atoms with van der Waals surface area (Å²) in [5.41, 5.74) is 6.63. The van der Waals surface area contributed by atoms with Crippen LogP contribution in [0.2, 0.25) is 0 Å². The molecule has 0 saturated carbocycles. The molecule has 26 heavy (non-hydrogen) atoms. The van der Waals surface area contributed by atoms with Crippen LogP contribution in [0.5, 0.6) is 0 Å². The molecular formula is C24H38N2. The van der Waals surface area contributed by atoms with Crippen molar-refractivity contribution in [3.05, 3.63) is 58.7 Å². The Balaban J connectivity index is 0.000000260. The van der Waals surface area contributed by atoms with Crippen LogP contribution in [0, 0.1) is 6.92 Å². The van der Waals surface area contributed by atoms with Gasteiger partial charge in [-0.05, 0) is 47.4 Å². The van der Waals surface area contributed by atoms with E-state index in [1.165, 1.54) is 28.1 Å². The van der Waals surface area contributed by atoms with E-state index in [2.05, 4.69) is 91.3 Å². The maximum Gasteiger partial charge on any atom is 0.0491 e. The summed E-state index contributed by atoms with van der Waals surface area (Å²) in [5, 5.41) is 0. The van der Waals surface area contributed by atoms with E-state index < -0.39 is 0 Å². The van der Waals surface area contributed by atoms with Crippen molar-refractivity contribution >= 4 is 0 Å². The average molecular weight is 355 g/mol. The fraction of sp³-hybridized carbons (Fsp3) is 0.583. The van der Waals surface area contributed by atoms with Gasteiger partial charge >= 0.3 is 0 Å². The van der Waals surface area contributed by atoms with Gasteiger partial charge in [-0.25, -0.2) is 0 Å². The Kier molecular flexibility index (Phi) is 7.99. The Morgan fingerprint density at radius 3 is 1.85 bits per heavy atom. The Bertz CT molecular complexity index is 692. The monoisotopic (exact) mass is 354 g/mol. The summed E-state index contributed by atoms with van der Waals surface area (Å²) in [4.78, 5) is 8.97. The number of nitrogens with zero attached hydrogens (tertiary/aromatic N) is 2. The van der Waals surface area contributed by atoms with E-state index in [1.807, 2.05) is 18.5 Å². The molecule has 0 fully saturated rings. The molecule has 2 aromatic rings. The maximum atomic E-state index is 4.50. The number of aryl methyl sites for hydroxylation is 1. The van der Waals surface area contributed by atoms with E-state index in [0.717, 1.165) is 0 Å². The summed E-state index contributed by atoms with van der Waals surface area (Å²) >= 11 is 0. The van der Waals surface area contributed by atoms with Gasteiger partial charge in [0.15, 0.2) is 0 Å². The van der Waals surface area contributed by atoms with Gasteiger partial charge in [0.1, 0.15) is 0 Å². The lowest BCUT2D eigenvalue weighted by Gasteiger charge is -2.22. The topological polar surface area (TPSA) is 25.8 Å². The van der Waals surface area contributed by atoms with Crippen LogP contribution >= 0.6 is 0 Å². The lowest BCUT2D eigenvalue weighted by molar-refractivity contribution is 0.555. The number of aromatic nitrogens is 2. The highest BCUT2D eigenvalue weighted by Crippen LogP contribution is 2.28. The summed E-state index contributed by atoms with van der Waals surface area (Å²) in [6, 6.07) is 6.45. The molecule has 0 aliphatic carbocycles. The molecule has 2 aromatic heterocycles. The standard InChI is InChI=1S/2C12H19N/c1-8(2)11-6-10(5)12(9(3)4)13-7-11;1-9(2)10-7-6-8-13-11(10)12(3,4)5/h2*6-9H,1-5H3. The van der Waals surface area contributed by atoms with Crippen molar-refractivity contribution in [1.29, 1.82) is 0 Å². The molecule has 0 aliphatic rings. The summed E-state index contributed by atoms with van der Waals surface area (Å²) in [5.74, 6) is 1.66. The third kappa shape index (κ3) is 6.23. The number of pyridine rings is 2. The van der Waals surface area contributed by atoms with Crippen molar-refractivity contribution in [1.82, 2.24) is 9.97 Å². The SMILES string of the molecule is CC(C)c1cccnc1C(C)(C)C.Cc1cc(C(C)C)cnc1C(C)C. The smallest absolute Gasteiger partial charge is 0.0491 e. The zero-order valence-corrected chi connectivity index (χ0v) is 18.5. The highest BCUT2D eigenvalue weighted by atomic mass is 14.7. The molecule has 0 N–H and O–H groups in total. The second-order valence-electron chi connectivity index (χ2n) is 9.13. The molecule has 0 bridgehead atoms. The highest BCUT2D eigenvalue weighted by Gasteiger charge is 2.20. The summed E-state index contributed by atoms with van der Waals surface area (Å²) in [6.45, 7) is 22.0. The van der Waals surface area contributed by atoms with Crippen molar-refractivity contribution in [3.8, 4) is 0 Å². The van der Waals surface area contributed by atoms with Crippen LogP contribution in [0.25, 0.3) is 0 Å². The molecule has 0 aromatic carbocycles. The van der Waals surface area contributed by atoms with E-state index in [-0.39, 0.29) is 5.41 Å². The first-order valence-corrected chi connectivity index (χ1v) is 9.87. The largest absolute Gasteiger partial charge is 0.260 e. The minimum absolute atomic E-state index is 0.154. The van der Waals surface area contributed by atoms with Gasteiger partial charge in [-0.3, -0.25) is 9.97 Å². The minimum Gasteiger partial charge on any atom is -0.260 e. The Hall–Kier alpha value is -1.70. The number of rotatable bonds is 3. The number of hydrogen-bond acceptors (Lipinski definition) is 2. The molecule has 0 unspecified atom stereocenters. The average Bonchev–Trinajstić information content (AvgIpc) is 2.54. The van der Waals surface area contributed by atoms with E-state index >= 15 is 0 Å². The molecule has 0 atom stereocenters. The van der Waals surface area contributed by atoms with Crippen molar-refractivity contribution in [2.45, 2.75) is 92.4 Å². The molecule has 144 valence electrons. The van der Waals surface area contributed by atoms with Crippen LogP contribution < -0.4 is 0 Å². The molecule has 0 spiro atoms. The normalized spacial score (nSPS) is 11.7. The lowest BCUT2D eigenvalue weighted by atomic mass is 9.85. The van der Waals surface area contributed by atoms with Crippen LogP contribution in [-0.4, -0.2) is 9.97 Å². The van der Waals surface area contributed by atoms with Gasteiger partial charge < -0.3 is 0 Å². The van der Waals surface area contributed by atoms with E-state index in [0.29, 0.717) is 17.8 Å². The summed E-state index contributed by atoms with van der Waals surface area (Å²) in [7, 11) is 0. The quantitative estimate of drug-likeness (QED) is 0.585. The van der Waals surface area contributed by atoms with Gasteiger partial charge in [-0.2, -0.15) is 0 Å². The molecule has 0 aliphatic heterocycles. The third-order valence-corrected chi connectivity index (χ3v) is 4.52. The summed E-state index contributed by atoms with van der Waals surface area (Å²) in [6.07, 6.45) is 3.89. The van der Waals surface area contributed by atoms with Crippen molar-refractivity contribution < 1.29 is 0 Å². The highest BCUT2D eigenvalue weighted by molar-refractivity contribution is 5.28. The van der Waals surface area contributed by atoms with Crippen molar-refractivity contribution in [2.75, 3.05) is 0 Å². The fourth-order valence-corrected chi connectivity index (χ4v) is 3.04. The van der Waals surface area contributed by atoms with Crippen LogP contribution in [-0.2, 0) is 5.41 Å². The minimum atomic E-state index is 0.154. The van der Waals surface area contributed by atoms with Gasteiger partial charge in [0.25, 0.3) is 0 Å². The second kappa shape index (κ2) is 9.30. The van der Waals surface area contributed by atoms with Crippen LogP contribution in [0.3, 0.4) is 0 Å². The van der Waals surface area contributed by atoms with Crippen molar-refractivity contribution in [2.24, 2.45) is 0 Å². The Morgan fingerprint density at radius 2 is 1.46 bits per heavy atom. The first kappa shape index (κ1) is 22.3. The van der Waals surface area contributed by atoms with E-state index in [9.17, 15) is 0 Å². The zero-order chi connectivity index (χ0) is 20.1. The first-order chi connectivity index (χ1) is 11.9. The first-order valence-electron chi connectivity index (χ1n) is 9.87. The molecule has 2 rings (SSSR count). The molecular weight excluding hydrogens is 316 g/mol. The zero-order valence-electron chi connectivity index (χ0n) is 18.5.